The van der Waals surface area contributed by atoms with Crippen molar-refractivity contribution in [1.29, 1.82) is 0 Å². The van der Waals surface area contributed by atoms with Crippen LogP contribution >= 0.6 is 23.4 Å². The van der Waals surface area contributed by atoms with Gasteiger partial charge in [-0.25, -0.2) is 18.5 Å². The van der Waals surface area contributed by atoms with Crippen LogP contribution in [0.1, 0.15) is 0 Å². The van der Waals surface area contributed by atoms with Gasteiger partial charge in [0.2, 0.25) is 10.0 Å². The molecular formula is C11H10ClN3O2S2. The molecule has 2 rings (SSSR count). The zero-order chi connectivity index (χ0) is 14.0. The third-order valence-corrected chi connectivity index (χ3v) is 4.68. The molecule has 2 aromatic rings. The Morgan fingerprint density at radius 3 is 2.58 bits per heavy atom. The summed E-state index contributed by atoms with van der Waals surface area (Å²) in [6.07, 6.45) is 1.61. The summed E-state index contributed by atoms with van der Waals surface area (Å²) in [7, 11) is -3.75. The molecule has 0 bridgehead atoms. The predicted octanol–water partition coefficient (Wildman–Crippen LogP) is 2.12. The second-order valence-electron chi connectivity index (χ2n) is 3.64. The molecule has 0 spiro atoms. The normalized spacial score (nSPS) is 11.5. The molecule has 0 saturated carbocycles. The average molecular weight is 316 g/mol. The Hall–Kier alpha value is -1.28. The highest BCUT2D eigenvalue weighted by Crippen LogP contribution is 2.35. The van der Waals surface area contributed by atoms with E-state index in [9.17, 15) is 8.42 Å². The van der Waals surface area contributed by atoms with Crippen molar-refractivity contribution in [3.8, 4) is 0 Å². The minimum Gasteiger partial charge on any atom is -0.398 e. The minimum atomic E-state index is -3.75. The lowest BCUT2D eigenvalue weighted by atomic mass is 10.3. The van der Waals surface area contributed by atoms with E-state index >= 15 is 0 Å². The first-order valence-electron chi connectivity index (χ1n) is 5.08. The number of hydrogen-bond donors (Lipinski definition) is 2. The molecule has 0 aliphatic carbocycles. The van der Waals surface area contributed by atoms with Gasteiger partial charge in [-0.1, -0.05) is 23.4 Å². The molecule has 0 atom stereocenters. The van der Waals surface area contributed by atoms with E-state index in [0.717, 1.165) is 0 Å². The molecule has 0 aliphatic rings. The zero-order valence-electron chi connectivity index (χ0n) is 9.58. The maximum atomic E-state index is 11.2. The molecule has 0 unspecified atom stereocenters. The molecule has 100 valence electrons. The standard InChI is InChI=1S/C11H10ClN3O2S2/c12-8-2-1-5-15-11(8)18-10-4-3-7(6-9(10)13)19(14,16)17/h1-6H,13H2,(H2,14,16,17). The number of benzene rings is 1. The zero-order valence-corrected chi connectivity index (χ0v) is 12.0. The number of nitrogen functional groups attached to an aromatic ring is 1. The summed E-state index contributed by atoms with van der Waals surface area (Å²) in [4.78, 5) is 4.75. The van der Waals surface area contributed by atoms with Crippen LogP contribution in [0.25, 0.3) is 0 Å². The van der Waals surface area contributed by atoms with Crippen LogP contribution < -0.4 is 10.9 Å². The van der Waals surface area contributed by atoms with E-state index in [0.29, 0.717) is 20.6 Å². The Balaban J connectivity index is 2.36. The van der Waals surface area contributed by atoms with Crippen molar-refractivity contribution in [3.63, 3.8) is 0 Å². The van der Waals surface area contributed by atoms with Crippen LogP contribution in [0.5, 0.6) is 0 Å². The largest absolute Gasteiger partial charge is 0.398 e. The average Bonchev–Trinajstić information content (AvgIpc) is 2.33. The number of pyridine rings is 1. The van der Waals surface area contributed by atoms with Gasteiger partial charge >= 0.3 is 0 Å². The van der Waals surface area contributed by atoms with Crippen molar-refractivity contribution < 1.29 is 8.42 Å². The van der Waals surface area contributed by atoms with Gasteiger partial charge in [-0.2, -0.15) is 0 Å². The highest BCUT2D eigenvalue weighted by atomic mass is 35.5. The number of nitrogens with two attached hydrogens (primary N) is 2. The Bertz CT molecular complexity index is 720. The summed E-state index contributed by atoms with van der Waals surface area (Å²) >= 11 is 7.25. The first-order chi connectivity index (χ1) is 8.88. The monoisotopic (exact) mass is 315 g/mol. The molecule has 0 aliphatic heterocycles. The molecule has 5 nitrogen and oxygen atoms in total. The smallest absolute Gasteiger partial charge is 0.238 e. The lowest BCUT2D eigenvalue weighted by Gasteiger charge is -2.07. The summed E-state index contributed by atoms with van der Waals surface area (Å²) in [6.45, 7) is 0. The first-order valence-corrected chi connectivity index (χ1v) is 7.83. The molecule has 4 N–H and O–H groups in total. The van der Waals surface area contributed by atoms with Gasteiger partial charge in [-0.3, -0.25) is 0 Å². The summed E-state index contributed by atoms with van der Waals surface area (Å²) in [5.41, 5.74) is 6.11. The van der Waals surface area contributed by atoms with Crippen molar-refractivity contribution in [2.45, 2.75) is 14.8 Å². The van der Waals surface area contributed by atoms with Crippen molar-refractivity contribution in [3.05, 3.63) is 41.6 Å². The van der Waals surface area contributed by atoms with Gasteiger partial charge in [0, 0.05) is 16.8 Å². The van der Waals surface area contributed by atoms with E-state index in [2.05, 4.69) is 4.98 Å². The van der Waals surface area contributed by atoms with Gasteiger partial charge < -0.3 is 5.73 Å². The molecule has 19 heavy (non-hydrogen) atoms. The first kappa shape index (κ1) is 14.1. The highest BCUT2D eigenvalue weighted by Gasteiger charge is 2.12. The molecular weight excluding hydrogens is 306 g/mol. The number of aromatic nitrogens is 1. The van der Waals surface area contributed by atoms with E-state index in [1.807, 2.05) is 0 Å². The second kappa shape index (κ2) is 5.38. The second-order valence-corrected chi connectivity index (χ2v) is 6.64. The maximum Gasteiger partial charge on any atom is 0.238 e. The van der Waals surface area contributed by atoms with Gasteiger partial charge in [-0.05, 0) is 30.3 Å². The summed E-state index contributed by atoms with van der Waals surface area (Å²) in [5, 5.41) is 6.13. The van der Waals surface area contributed by atoms with Gasteiger partial charge in [-0.15, -0.1) is 0 Å². The topological polar surface area (TPSA) is 99.1 Å². The number of sulfonamides is 1. The molecule has 1 aromatic carbocycles. The van der Waals surface area contributed by atoms with Crippen molar-refractivity contribution in [1.82, 2.24) is 4.98 Å². The number of rotatable bonds is 3. The Kier molecular flexibility index (Phi) is 4.00. The number of primary sulfonamides is 1. The van der Waals surface area contributed by atoms with Crippen molar-refractivity contribution in [2.75, 3.05) is 5.73 Å². The van der Waals surface area contributed by atoms with E-state index in [-0.39, 0.29) is 4.90 Å². The summed E-state index contributed by atoms with van der Waals surface area (Å²) < 4.78 is 22.4. The molecule has 8 heteroatoms. The number of nitrogens with zero attached hydrogens (tertiary/aromatic N) is 1. The van der Waals surface area contributed by atoms with Crippen LogP contribution in [0.15, 0.2) is 51.3 Å². The molecule has 0 radical (unpaired) electrons. The molecule has 1 heterocycles. The molecule has 0 amide bonds. The number of anilines is 1. The van der Waals surface area contributed by atoms with Crippen LogP contribution in [0, 0.1) is 0 Å². The quantitative estimate of drug-likeness (QED) is 0.845. The van der Waals surface area contributed by atoms with E-state index < -0.39 is 10.0 Å². The Labute approximate surface area is 120 Å². The van der Waals surface area contributed by atoms with Crippen molar-refractivity contribution >= 4 is 39.1 Å². The molecule has 1 aromatic heterocycles. The SMILES string of the molecule is Nc1cc(S(N)(=O)=O)ccc1Sc1ncccc1Cl. The van der Waals surface area contributed by atoms with Crippen LogP contribution in [0.4, 0.5) is 5.69 Å². The van der Waals surface area contributed by atoms with Crippen molar-refractivity contribution in [2.24, 2.45) is 5.14 Å². The lowest BCUT2D eigenvalue weighted by molar-refractivity contribution is 0.598. The summed E-state index contributed by atoms with van der Waals surface area (Å²) in [5.74, 6) is 0. The predicted molar refractivity (Wildman–Crippen MR) is 75.6 cm³/mol. The summed E-state index contributed by atoms with van der Waals surface area (Å²) in [6, 6.07) is 7.72. The fourth-order valence-electron chi connectivity index (χ4n) is 1.35. The third kappa shape index (κ3) is 3.38. The van der Waals surface area contributed by atoms with Gasteiger partial charge in [0.05, 0.1) is 9.92 Å². The van der Waals surface area contributed by atoms with E-state index in [1.54, 1.807) is 24.4 Å². The number of halogens is 1. The van der Waals surface area contributed by atoms with Crippen LogP contribution in [0.2, 0.25) is 5.02 Å². The van der Waals surface area contributed by atoms with Crippen LogP contribution in [-0.2, 0) is 10.0 Å². The maximum absolute atomic E-state index is 11.2. The van der Waals surface area contributed by atoms with Gasteiger partial charge in [0.15, 0.2) is 0 Å². The van der Waals surface area contributed by atoms with Crippen LogP contribution in [-0.4, -0.2) is 13.4 Å². The Morgan fingerprint density at radius 1 is 1.26 bits per heavy atom. The van der Waals surface area contributed by atoms with E-state index in [1.165, 1.54) is 23.9 Å². The number of hydrogen-bond acceptors (Lipinski definition) is 5. The fourth-order valence-corrected chi connectivity index (χ4v) is 2.93. The third-order valence-electron chi connectivity index (χ3n) is 2.24. The fraction of sp³-hybridized carbons (Fsp3) is 0. The van der Waals surface area contributed by atoms with Crippen LogP contribution in [0.3, 0.4) is 0 Å². The van der Waals surface area contributed by atoms with Gasteiger partial charge in [0.25, 0.3) is 0 Å². The van der Waals surface area contributed by atoms with E-state index in [4.69, 9.17) is 22.5 Å². The minimum absolute atomic E-state index is 0.0264. The van der Waals surface area contributed by atoms with Gasteiger partial charge in [0.1, 0.15) is 5.03 Å². The Morgan fingerprint density at radius 2 is 2.00 bits per heavy atom. The lowest BCUT2D eigenvalue weighted by Crippen LogP contribution is -2.12. The highest BCUT2D eigenvalue weighted by molar-refractivity contribution is 7.99. The molecule has 0 saturated heterocycles. The molecule has 0 fully saturated rings.